The Morgan fingerprint density at radius 3 is 1.81 bits per heavy atom. The van der Waals surface area contributed by atoms with E-state index in [0.717, 1.165) is 0 Å². The van der Waals surface area contributed by atoms with Gasteiger partial charge in [-0.2, -0.15) is 0 Å². The van der Waals surface area contributed by atoms with E-state index in [2.05, 4.69) is 0 Å². The molecule has 0 bridgehead atoms. The maximum Gasteiger partial charge on any atom is 0.477 e. The van der Waals surface area contributed by atoms with E-state index in [-0.39, 0.29) is 6.73 Å². The van der Waals surface area contributed by atoms with Crippen LogP contribution in [0.3, 0.4) is 0 Å². The quantitative estimate of drug-likeness (QED) is 0.494. The highest BCUT2D eigenvalue weighted by atomic mass is 31.2. The number of rotatable bonds is 8. The molecule has 0 unspecified atom stereocenters. The van der Waals surface area contributed by atoms with Crippen molar-refractivity contribution in [1.82, 2.24) is 4.90 Å². The first-order valence-corrected chi connectivity index (χ1v) is 8.39. The highest BCUT2D eigenvalue weighted by Crippen LogP contribution is 2.55. The Kier molecular flexibility index (Phi) is 8.14. The minimum absolute atomic E-state index is 0.0433. The molecule has 0 radical (unpaired) electrons. The largest absolute Gasteiger partial charge is 0.477 e. The number of phosphoric acid groups is 1. The summed E-state index contributed by atoms with van der Waals surface area (Å²) in [6, 6.07) is 0. The summed E-state index contributed by atoms with van der Waals surface area (Å²) in [5.41, 5.74) is -1.29. The van der Waals surface area contributed by atoms with Gasteiger partial charge >= 0.3 is 7.82 Å². The highest BCUT2D eigenvalue weighted by molar-refractivity contribution is 7.48. The van der Waals surface area contributed by atoms with Crippen molar-refractivity contribution < 1.29 is 22.9 Å². The van der Waals surface area contributed by atoms with Crippen molar-refractivity contribution in [2.45, 2.75) is 59.7 Å². The van der Waals surface area contributed by atoms with Crippen LogP contribution >= 0.6 is 7.82 Å². The van der Waals surface area contributed by atoms with E-state index in [4.69, 9.17) is 18.3 Å². The normalized spacial score (nSPS) is 13.9. The second-order valence-electron chi connectivity index (χ2n) is 6.60. The topological polar surface area (TPSA) is 57.2 Å². The third-order valence-electron chi connectivity index (χ3n) is 1.81. The average Bonchev–Trinajstić information content (AvgIpc) is 2.21. The maximum absolute atomic E-state index is 12.8. The van der Waals surface area contributed by atoms with Crippen LogP contribution in [-0.2, 0) is 22.9 Å². The van der Waals surface area contributed by atoms with Gasteiger partial charge in [-0.25, -0.2) is 4.57 Å². The van der Waals surface area contributed by atoms with Gasteiger partial charge in [0.25, 0.3) is 0 Å². The average molecular weight is 323 g/mol. The van der Waals surface area contributed by atoms with E-state index in [0.29, 0.717) is 6.73 Å². The van der Waals surface area contributed by atoms with Crippen LogP contribution < -0.4 is 0 Å². The lowest BCUT2D eigenvalue weighted by molar-refractivity contribution is -0.0223. The van der Waals surface area contributed by atoms with Gasteiger partial charge in [0, 0.05) is 7.11 Å². The standard InChI is InChI=1S/C14H30NO5P/c1-9-10-15(11-17-8)12-18-21(16,19-13(2,3)4)20-14(5,6)7/h9-10H,11-12H2,1-8H3/b10-9-. The zero-order valence-corrected chi connectivity index (χ0v) is 15.4. The number of hydrogen-bond donors (Lipinski definition) is 0. The van der Waals surface area contributed by atoms with Gasteiger partial charge in [0.05, 0.1) is 11.2 Å². The van der Waals surface area contributed by atoms with E-state index < -0.39 is 19.0 Å². The summed E-state index contributed by atoms with van der Waals surface area (Å²) in [6.07, 6.45) is 3.62. The number of methoxy groups -OCH3 is 1. The molecule has 0 saturated heterocycles. The van der Waals surface area contributed by atoms with Crippen molar-refractivity contribution in [1.29, 1.82) is 0 Å². The summed E-state index contributed by atoms with van der Waals surface area (Å²) < 4.78 is 34.4. The van der Waals surface area contributed by atoms with Gasteiger partial charge in [0.1, 0.15) is 13.5 Å². The Labute approximate surface area is 129 Å². The number of allylic oxidation sites excluding steroid dienone is 1. The van der Waals surface area contributed by atoms with Gasteiger partial charge in [0.15, 0.2) is 0 Å². The second kappa shape index (κ2) is 8.30. The third kappa shape index (κ3) is 10.9. The summed E-state index contributed by atoms with van der Waals surface area (Å²) in [6.45, 7) is 13.0. The van der Waals surface area contributed by atoms with E-state index in [1.807, 2.05) is 13.0 Å². The Bertz CT molecular complexity index is 351. The zero-order chi connectivity index (χ0) is 16.7. The second-order valence-corrected chi connectivity index (χ2v) is 8.12. The van der Waals surface area contributed by atoms with Crippen LogP contribution in [-0.4, -0.2) is 36.7 Å². The lowest BCUT2D eigenvalue weighted by Crippen LogP contribution is -2.28. The lowest BCUT2D eigenvalue weighted by atomic mass is 10.2. The third-order valence-corrected chi connectivity index (χ3v) is 3.78. The van der Waals surface area contributed by atoms with Gasteiger partial charge < -0.3 is 9.64 Å². The molecule has 0 atom stereocenters. The van der Waals surface area contributed by atoms with Crippen LogP contribution in [0.5, 0.6) is 0 Å². The van der Waals surface area contributed by atoms with Crippen molar-refractivity contribution >= 4 is 7.82 Å². The number of nitrogens with zero attached hydrogens (tertiary/aromatic N) is 1. The minimum atomic E-state index is -3.69. The molecule has 0 rings (SSSR count). The molecule has 0 aliphatic rings. The molecule has 0 heterocycles. The minimum Gasteiger partial charge on any atom is -0.364 e. The summed E-state index contributed by atoms with van der Waals surface area (Å²) in [5, 5.41) is 0. The molecule has 0 aromatic heterocycles. The predicted molar refractivity (Wildman–Crippen MR) is 83.8 cm³/mol. The molecule has 0 aliphatic carbocycles. The van der Waals surface area contributed by atoms with E-state index >= 15 is 0 Å². The SMILES string of the molecule is C/C=C\N(COC)COP(=O)(OC(C)(C)C)OC(C)(C)C. The van der Waals surface area contributed by atoms with Gasteiger partial charge in [-0.1, -0.05) is 6.08 Å². The molecule has 21 heavy (non-hydrogen) atoms. The van der Waals surface area contributed by atoms with Crippen molar-refractivity contribution in [2.24, 2.45) is 0 Å². The van der Waals surface area contributed by atoms with Crippen LogP contribution in [0.1, 0.15) is 48.5 Å². The van der Waals surface area contributed by atoms with Gasteiger partial charge in [-0.15, -0.1) is 0 Å². The molecule has 0 aliphatic heterocycles. The molecule has 0 spiro atoms. The van der Waals surface area contributed by atoms with Crippen LogP contribution in [0, 0.1) is 0 Å². The fourth-order valence-corrected chi connectivity index (χ4v) is 3.16. The van der Waals surface area contributed by atoms with Crippen molar-refractivity contribution in [3.8, 4) is 0 Å². The molecule has 0 saturated carbocycles. The zero-order valence-electron chi connectivity index (χ0n) is 14.5. The molecule has 126 valence electrons. The van der Waals surface area contributed by atoms with Crippen LogP contribution in [0.15, 0.2) is 12.3 Å². The monoisotopic (exact) mass is 323 g/mol. The molecule has 0 fully saturated rings. The summed E-state index contributed by atoms with van der Waals surface area (Å²) in [5.74, 6) is 0. The summed E-state index contributed by atoms with van der Waals surface area (Å²) in [7, 11) is -2.12. The molecular weight excluding hydrogens is 293 g/mol. The first-order chi connectivity index (χ1) is 9.41. The Hall–Kier alpha value is -0.390. The number of hydrogen-bond acceptors (Lipinski definition) is 6. The number of ether oxygens (including phenoxy) is 1. The summed E-state index contributed by atoms with van der Waals surface area (Å²) in [4.78, 5) is 1.71. The van der Waals surface area contributed by atoms with Gasteiger partial charge in [-0.3, -0.25) is 13.6 Å². The fraction of sp³-hybridized carbons (Fsp3) is 0.857. The smallest absolute Gasteiger partial charge is 0.364 e. The molecular formula is C14H30NO5P. The van der Waals surface area contributed by atoms with Crippen molar-refractivity contribution in [2.75, 3.05) is 20.6 Å². The van der Waals surface area contributed by atoms with Crippen LogP contribution in [0.4, 0.5) is 0 Å². The van der Waals surface area contributed by atoms with Crippen LogP contribution in [0.25, 0.3) is 0 Å². The first-order valence-electron chi connectivity index (χ1n) is 6.93. The molecule has 0 aromatic carbocycles. The van der Waals surface area contributed by atoms with Gasteiger partial charge in [0.2, 0.25) is 0 Å². The predicted octanol–water partition coefficient (Wildman–Crippen LogP) is 4.14. The molecule has 6 nitrogen and oxygen atoms in total. The highest BCUT2D eigenvalue weighted by Gasteiger charge is 2.37. The number of phosphoric ester groups is 1. The van der Waals surface area contributed by atoms with E-state index in [1.165, 1.54) is 0 Å². The lowest BCUT2D eigenvalue weighted by Gasteiger charge is -2.32. The Morgan fingerprint density at radius 2 is 1.48 bits per heavy atom. The van der Waals surface area contributed by atoms with Crippen molar-refractivity contribution in [3.63, 3.8) is 0 Å². The molecule has 0 amide bonds. The molecule has 0 aromatic rings. The first kappa shape index (κ1) is 20.6. The summed E-state index contributed by atoms with van der Waals surface area (Å²) >= 11 is 0. The fourth-order valence-electron chi connectivity index (χ4n) is 1.39. The maximum atomic E-state index is 12.8. The van der Waals surface area contributed by atoms with Crippen LogP contribution in [0.2, 0.25) is 0 Å². The van der Waals surface area contributed by atoms with E-state index in [1.54, 1.807) is 59.8 Å². The van der Waals surface area contributed by atoms with Gasteiger partial charge in [-0.05, 0) is 54.7 Å². The molecule has 7 heteroatoms. The Balaban J connectivity index is 4.93. The molecule has 0 N–H and O–H groups in total. The van der Waals surface area contributed by atoms with Crippen molar-refractivity contribution in [3.05, 3.63) is 12.3 Å². The Morgan fingerprint density at radius 1 is 1.00 bits per heavy atom. The van der Waals surface area contributed by atoms with E-state index in [9.17, 15) is 4.57 Å².